The highest BCUT2D eigenvalue weighted by atomic mass is 28.4. The van der Waals surface area contributed by atoms with Crippen LogP contribution < -0.4 is 10.4 Å². The van der Waals surface area contributed by atoms with Crippen LogP contribution in [0, 0.1) is 0 Å². The second-order valence-electron chi connectivity index (χ2n) is 10.1. The molecule has 4 heteroatoms. The lowest BCUT2D eigenvalue weighted by molar-refractivity contribution is 0.0192. The maximum atomic E-state index is 9.35. The Bertz CT molecular complexity index is 974. The third kappa shape index (κ3) is 7.25. The molecule has 0 aliphatic heterocycles. The van der Waals surface area contributed by atoms with E-state index in [0.717, 1.165) is 12.8 Å². The highest BCUT2D eigenvalue weighted by molar-refractivity contribution is 6.99. The van der Waals surface area contributed by atoms with Gasteiger partial charge in [0.2, 0.25) is 0 Å². The molecule has 0 heterocycles. The zero-order chi connectivity index (χ0) is 25.2. The van der Waals surface area contributed by atoms with Gasteiger partial charge in [-0.05, 0) is 40.7 Å². The van der Waals surface area contributed by atoms with Gasteiger partial charge in [0.25, 0.3) is 8.32 Å². The fourth-order valence-electron chi connectivity index (χ4n) is 4.71. The first-order chi connectivity index (χ1) is 16.9. The van der Waals surface area contributed by atoms with E-state index in [9.17, 15) is 5.11 Å². The Morgan fingerprint density at radius 2 is 1.31 bits per heavy atom. The highest BCUT2D eigenvalue weighted by Gasteiger charge is 2.51. The number of benzene rings is 3. The Kier molecular flexibility index (Phi) is 10.1. The van der Waals surface area contributed by atoms with Crippen LogP contribution in [0.5, 0.6) is 0 Å². The molecule has 0 amide bonds. The third-order valence-corrected chi connectivity index (χ3v) is 11.5. The van der Waals surface area contributed by atoms with Crippen LogP contribution in [0.25, 0.3) is 0 Å². The zero-order valence-electron chi connectivity index (χ0n) is 21.6. The van der Waals surface area contributed by atoms with Gasteiger partial charge in [0.05, 0.1) is 25.4 Å². The van der Waals surface area contributed by atoms with Crippen molar-refractivity contribution in [2.45, 2.75) is 64.4 Å². The van der Waals surface area contributed by atoms with E-state index in [0.29, 0.717) is 6.61 Å². The molecule has 0 saturated carbocycles. The molecular formula is C31H40O3Si. The SMILES string of the molecule is C[C@H](C[C@@H](C/C=C/CO)O[Si](c1ccccc1)(c1ccccc1)C(C)(C)C)OCc1ccccc1. The van der Waals surface area contributed by atoms with E-state index in [2.05, 4.69) is 100 Å². The van der Waals surface area contributed by atoms with Gasteiger partial charge in [0.1, 0.15) is 0 Å². The van der Waals surface area contributed by atoms with Gasteiger partial charge in [0.15, 0.2) is 0 Å². The maximum Gasteiger partial charge on any atom is 0.261 e. The van der Waals surface area contributed by atoms with Crippen LogP contribution in [0.15, 0.2) is 103 Å². The van der Waals surface area contributed by atoms with Crippen LogP contribution in [0.1, 0.15) is 46.1 Å². The molecular weight excluding hydrogens is 448 g/mol. The van der Waals surface area contributed by atoms with E-state index in [1.807, 2.05) is 24.3 Å². The zero-order valence-corrected chi connectivity index (χ0v) is 22.6. The smallest absolute Gasteiger partial charge is 0.261 e. The number of aliphatic hydroxyl groups excluding tert-OH is 1. The molecule has 0 unspecified atom stereocenters. The van der Waals surface area contributed by atoms with E-state index < -0.39 is 8.32 Å². The number of hydrogen-bond acceptors (Lipinski definition) is 3. The van der Waals surface area contributed by atoms with Crippen LogP contribution in [0.2, 0.25) is 5.04 Å². The van der Waals surface area contributed by atoms with Crippen molar-refractivity contribution >= 4 is 18.7 Å². The second kappa shape index (κ2) is 13.0. The molecule has 0 aliphatic rings. The first-order valence-corrected chi connectivity index (χ1v) is 14.5. The summed E-state index contributed by atoms with van der Waals surface area (Å²) in [5, 5.41) is 11.8. The fourth-order valence-corrected chi connectivity index (χ4v) is 9.41. The summed E-state index contributed by atoms with van der Waals surface area (Å²) in [5.74, 6) is 0. The minimum Gasteiger partial charge on any atom is -0.404 e. The van der Waals surface area contributed by atoms with Gasteiger partial charge >= 0.3 is 0 Å². The Morgan fingerprint density at radius 3 is 1.80 bits per heavy atom. The van der Waals surface area contributed by atoms with Crippen molar-refractivity contribution in [3.05, 3.63) is 109 Å². The molecule has 0 radical (unpaired) electrons. The summed E-state index contributed by atoms with van der Waals surface area (Å²) in [7, 11) is -2.68. The molecule has 0 aromatic heterocycles. The van der Waals surface area contributed by atoms with Crippen molar-refractivity contribution in [3.63, 3.8) is 0 Å². The van der Waals surface area contributed by atoms with Crippen LogP contribution in [0.4, 0.5) is 0 Å². The topological polar surface area (TPSA) is 38.7 Å². The Morgan fingerprint density at radius 1 is 0.800 bits per heavy atom. The molecule has 3 nitrogen and oxygen atoms in total. The van der Waals surface area contributed by atoms with E-state index in [-0.39, 0.29) is 23.9 Å². The van der Waals surface area contributed by atoms with E-state index in [1.54, 1.807) is 6.08 Å². The molecule has 0 bridgehead atoms. The van der Waals surface area contributed by atoms with E-state index >= 15 is 0 Å². The van der Waals surface area contributed by atoms with Crippen molar-refractivity contribution in [1.82, 2.24) is 0 Å². The highest BCUT2D eigenvalue weighted by Crippen LogP contribution is 2.38. The minimum atomic E-state index is -2.68. The molecule has 35 heavy (non-hydrogen) atoms. The summed E-state index contributed by atoms with van der Waals surface area (Å²) >= 11 is 0. The first kappa shape index (κ1) is 27.1. The first-order valence-electron chi connectivity index (χ1n) is 12.6. The van der Waals surface area contributed by atoms with Gasteiger partial charge in [0, 0.05) is 0 Å². The predicted octanol–water partition coefficient (Wildman–Crippen LogP) is 5.87. The Balaban J connectivity index is 1.94. The average Bonchev–Trinajstić information content (AvgIpc) is 2.87. The summed E-state index contributed by atoms with van der Waals surface area (Å²) in [6, 6.07) is 31.8. The third-order valence-electron chi connectivity index (χ3n) is 6.40. The van der Waals surface area contributed by atoms with Gasteiger partial charge in [-0.25, -0.2) is 0 Å². The molecule has 0 aliphatic carbocycles. The number of rotatable bonds is 12. The van der Waals surface area contributed by atoms with Gasteiger partial charge < -0.3 is 14.3 Å². The molecule has 1 N–H and O–H groups in total. The Labute approximate surface area is 212 Å². The molecule has 3 rings (SSSR count). The molecule has 0 fully saturated rings. The average molecular weight is 489 g/mol. The number of aliphatic hydroxyl groups is 1. The van der Waals surface area contributed by atoms with Gasteiger partial charge in [-0.3, -0.25) is 0 Å². The second-order valence-corrected chi connectivity index (χ2v) is 14.4. The maximum absolute atomic E-state index is 9.35. The van der Waals surface area contributed by atoms with Crippen molar-refractivity contribution in [2.24, 2.45) is 0 Å². The van der Waals surface area contributed by atoms with Crippen LogP contribution >= 0.6 is 0 Å². The van der Waals surface area contributed by atoms with Gasteiger partial charge in [-0.2, -0.15) is 0 Å². The standard InChI is InChI=1S/C31H40O3Si/c1-26(33-25-27-16-8-5-9-17-27)24-28(18-14-15-23-32)34-35(31(2,3)4,29-19-10-6-11-20-29)30-21-12-7-13-22-30/h5-17,19-22,26,28,32H,18,23-25H2,1-4H3/b15-14+/t26-,28-/m1/s1. The molecule has 0 saturated heterocycles. The summed E-state index contributed by atoms with van der Waals surface area (Å²) in [5.41, 5.74) is 1.17. The fraction of sp³-hybridized carbons (Fsp3) is 0.355. The molecule has 186 valence electrons. The number of ether oxygens (including phenoxy) is 1. The molecule has 0 spiro atoms. The molecule has 3 aromatic carbocycles. The summed E-state index contributed by atoms with van der Waals surface area (Å²) < 4.78 is 13.6. The largest absolute Gasteiger partial charge is 0.404 e. The van der Waals surface area contributed by atoms with Gasteiger partial charge in [-0.15, -0.1) is 0 Å². The quantitative estimate of drug-likeness (QED) is 0.256. The lowest BCUT2D eigenvalue weighted by Crippen LogP contribution is -2.67. The summed E-state index contributed by atoms with van der Waals surface area (Å²) in [4.78, 5) is 0. The lowest BCUT2D eigenvalue weighted by atomic mass is 10.1. The normalized spacial score (nSPS) is 14.2. The van der Waals surface area contributed by atoms with Crippen LogP contribution in [0.3, 0.4) is 0 Å². The van der Waals surface area contributed by atoms with Gasteiger partial charge in [-0.1, -0.05) is 124 Å². The van der Waals surface area contributed by atoms with Crippen molar-refractivity contribution in [2.75, 3.05) is 6.61 Å². The van der Waals surface area contributed by atoms with Crippen LogP contribution in [-0.4, -0.2) is 32.2 Å². The van der Waals surface area contributed by atoms with Crippen molar-refractivity contribution < 1.29 is 14.3 Å². The van der Waals surface area contributed by atoms with E-state index in [1.165, 1.54) is 15.9 Å². The number of hydrogen-bond donors (Lipinski definition) is 1. The Hall–Kier alpha value is -2.50. The van der Waals surface area contributed by atoms with E-state index in [4.69, 9.17) is 9.16 Å². The molecule has 3 aromatic rings. The minimum absolute atomic E-state index is 0.0287. The van der Waals surface area contributed by atoms with Crippen molar-refractivity contribution in [1.29, 1.82) is 0 Å². The predicted molar refractivity (Wildman–Crippen MR) is 149 cm³/mol. The monoisotopic (exact) mass is 488 g/mol. The summed E-state index contributed by atoms with van der Waals surface area (Å²) in [6.45, 7) is 9.65. The van der Waals surface area contributed by atoms with Crippen LogP contribution in [-0.2, 0) is 15.8 Å². The lowest BCUT2D eigenvalue weighted by Gasteiger charge is -2.45. The molecule has 2 atom stereocenters. The van der Waals surface area contributed by atoms with Crippen molar-refractivity contribution in [3.8, 4) is 0 Å². The summed E-state index contributed by atoms with van der Waals surface area (Å²) in [6.07, 6.45) is 5.32.